The average molecular weight is 518 g/mol. The molecule has 2 aromatic heterocycles. The largest absolute Gasteiger partial charge is 0.489 e. The number of primary amides is 1. The molecule has 2 aromatic carbocycles. The summed E-state index contributed by atoms with van der Waals surface area (Å²) in [7, 11) is 1.79. The van der Waals surface area contributed by atoms with E-state index in [1.54, 1.807) is 61.9 Å². The highest BCUT2D eigenvalue weighted by atomic mass is 19.1. The first-order chi connectivity index (χ1) is 17.9. The molecule has 5 N–H and O–H groups in total. The number of anilines is 1. The highest BCUT2D eigenvalue weighted by Gasteiger charge is 2.45. The maximum absolute atomic E-state index is 13.6. The Morgan fingerprint density at radius 2 is 1.89 bits per heavy atom. The number of rotatable bonds is 7. The summed E-state index contributed by atoms with van der Waals surface area (Å²) < 4.78 is 21.2. The van der Waals surface area contributed by atoms with Crippen LogP contribution in [0.2, 0.25) is 0 Å². The van der Waals surface area contributed by atoms with Crippen LogP contribution in [0.1, 0.15) is 48.3 Å². The topological polar surface area (TPSA) is 146 Å². The van der Waals surface area contributed by atoms with Crippen molar-refractivity contribution in [2.45, 2.75) is 37.7 Å². The zero-order chi connectivity index (χ0) is 27.4. The number of imidazole rings is 1. The molecule has 0 spiro atoms. The fourth-order valence-electron chi connectivity index (χ4n) is 4.69. The van der Waals surface area contributed by atoms with Crippen LogP contribution in [0.5, 0.6) is 5.75 Å². The van der Waals surface area contributed by atoms with E-state index in [9.17, 15) is 19.1 Å². The Morgan fingerprint density at radius 3 is 2.58 bits per heavy atom. The number of aromatic nitrogens is 3. The summed E-state index contributed by atoms with van der Waals surface area (Å²) in [6.07, 6.45) is 0.0755. The van der Waals surface area contributed by atoms with Crippen LogP contribution in [0, 0.1) is 5.82 Å². The number of Topliss-reactive ketones (excluding diaryl/α,β-unsaturated/α-hetero) is 1. The van der Waals surface area contributed by atoms with Crippen LogP contribution in [-0.2, 0) is 22.9 Å². The highest BCUT2D eigenvalue weighted by Crippen LogP contribution is 2.46. The van der Waals surface area contributed by atoms with Crippen LogP contribution in [0.15, 0.2) is 48.5 Å². The lowest BCUT2D eigenvalue weighted by Crippen LogP contribution is -2.40. The molecule has 0 unspecified atom stereocenters. The van der Waals surface area contributed by atoms with E-state index < -0.39 is 22.7 Å². The van der Waals surface area contributed by atoms with Gasteiger partial charge in [-0.05, 0) is 68.8 Å². The first kappa shape index (κ1) is 25.3. The summed E-state index contributed by atoms with van der Waals surface area (Å²) in [5.74, 6) is -0.474. The number of hydrogen-bond donors (Lipinski definition) is 3. The summed E-state index contributed by atoms with van der Waals surface area (Å²) >= 11 is 0. The summed E-state index contributed by atoms with van der Waals surface area (Å²) in [5.41, 5.74) is 12.4. The molecule has 38 heavy (non-hydrogen) atoms. The fraction of sp³-hybridized carbons (Fsp3) is 0.286. The number of fused-ring (bicyclic) bond motifs is 2. The van der Waals surface area contributed by atoms with Crippen LogP contribution >= 0.6 is 0 Å². The zero-order valence-corrected chi connectivity index (χ0v) is 21.3. The molecule has 0 fully saturated rings. The molecule has 5 rings (SSSR count). The second-order valence-corrected chi connectivity index (χ2v) is 10.2. The smallest absolute Gasteiger partial charge is 0.231 e. The number of carbonyl (C=O) groups excluding carboxylic acids is 2. The number of carbonyl (C=O) groups is 2. The van der Waals surface area contributed by atoms with E-state index in [1.165, 1.54) is 12.1 Å². The molecule has 2 atom stereocenters. The molecular formula is C28H28FN5O4. The van der Waals surface area contributed by atoms with Gasteiger partial charge in [0.2, 0.25) is 11.9 Å². The number of halogens is 1. The van der Waals surface area contributed by atoms with E-state index in [-0.39, 0.29) is 30.9 Å². The number of nitrogens with two attached hydrogens (primary N) is 2. The molecule has 0 saturated carbocycles. The number of ketones is 1. The van der Waals surface area contributed by atoms with E-state index in [1.807, 2.05) is 0 Å². The molecule has 1 amide bonds. The van der Waals surface area contributed by atoms with Crippen molar-refractivity contribution < 1.29 is 23.8 Å². The van der Waals surface area contributed by atoms with E-state index in [2.05, 4.69) is 9.97 Å². The first-order valence-electron chi connectivity index (χ1n) is 12.1. The van der Waals surface area contributed by atoms with Crippen LogP contribution in [-0.4, -0.2) is 37.9 Å². The van der Waals surface area contributed by atoms with Crippen molar-refractivity contribution in [1.82, 2.24) is 14.5 Å². The van der Waals surface area contributed by atoms with Gasteiger partial charge in [0.1, 0.15) is 34.9 Å². The lowest BCUT2D eigenvalue weighted by molar-refractivity contribution is -0.123. The number of benzene rings is 2. The van der Waals surface area contributed by atoms with Gasteiger partial charge in [0.25, 0.3) is 0 Å². The SMILES string of the molecule is Cn1c(N)nc2cc(C(=O)CC[C@](C)(O)c3cc4c(c(-c5ccc(F)cc5)n3)OC[C@]4(C)C(N)=O)ccc21. The summed E-state index contributed by atoms with van der Waals surface area (Å²) in [4.78, 5) is 34.4. The number of pyridine rings is 1. The molecule has 0 radical (unpaired) electrons. The van der Waals surface area contributed by atoms with Crippen molar-refractivity contribution in [1.29, 1.82) is 0 Å². The normalized spacial score (nSPS) is 18.1. The molecule has 0 bridgehead atoms. The highest BCUT2D eigenvalue weighted by molar-refractivity contribution is 5.99. The Morgan fingerprint density at radius 1 is 1.18 bits per heavy atom. The number of aryl methyl sites for hydroxylation is 1. The van der Waals surface area contributed by atoms with Gasteiger partial charge in [0.05, 0.1) is 16.7 Å². The second kappa shape index (κ2) is 8.91. The molecule has 4 aromatic rings. The standard InChI is InChI=1S/C28H28FN5O4/c1-27(25(30)36)14-38-24-18(27)13-22(33-23(24)15-4-7-17(29)8-5-15)28(2,37)11-10-21(35)16-6-9-20-19(12-16)32-26(31)34(20)3/h4-9,12-13,37H,10-11,14H2,1-3H3,(H2,30,36)(H2,31,32)/t27-,28-/m0/s1. The third kappa shape index (κ3) is 4.16. The van der Waals surface area contributed by atoms with Gasteiger partial charge in [-0.1, -0.05) is 0 Å². The molecule has 1 aliphatic rings. The van der Waals surface area contributed by atoms with Crippen molar-refractivity contribution in [3.8, 4) is 17.0 Å². The summed E-state index contributed by atoms with van der Waals surface area (Å²) in [6, 6.07) is 12.4. The quantitative estimate of drug-likeness (QED) is 0.319. The second-order valence-electron chi connectivity index (χ2n) is 10.2. The average Bonchev–Trinajstić information content (AvgIpc) is 3.39. The molecular weight excluding hydrogens is 489 g/mol. The predicted molar refractivity (Wildman–Crippen MR) is 140 cm³/mol. The third-order valence-corrected chi connectivity index (χ3v) is 7.36. The maximum atomic E-state index is 13.6. The van der Waals surface area contributed by atoms with Crippen molar-refractivity contribution in [3.05, 3.63) is 71.2 Å². The fourth-order valence-corrected chi connectivity index (χ4v) is 4.69. The molecule has 3 heterocycles. The molecule has 0 aliphatic carbocycles. The van der Waals surface area contributed by atoms with E-state index in [4.69, 9.17) is 16.2 Å². The number of nitrogens with zero attached hydrogens (tertiary/aromatic N) is 3. The van der Waals surface area contributed by atoms with E-state index >= 15 is 0 Å². The van der Waals surface area contributed by atoms with Crippen LogP contribution < -0.4 is 16.2 Å². The number of aliphatic hydroxyl groups is 1. The van der Waals surface area contributed by atoms with Gasteiger partial charge >= 0.3 is 0 Å². The van der Waals surface area contributed by atoms with Gasteiger partial charge in [-0.25, -0.2) is 14.4 Å². The predicted octanol–water partition coefficient (Wildman–Crippen LogP) is 3.36. The Balaban J connectivity index is 1.48. The lowest BCUT2D eigenvalue weighted by Gasteiger charge is -2.26. The minimum Gasteiger partial charge on any atom is -0.489 e. The van der Waals surface area contributed by atoms with Gasteiger partial charge in [0.15, 0.2) is 5.78 Å². The van der Waals surface area contributed by atoms with Crippen LogP contribution in [0.3, 0.4) is 0 Å². The monoisotopic (exact) mass is 517 g/mol. The Hall–Kier alpha value is -4.31. The summed E-state index contributed by atoms with van der Waals surface area (Å²) in [6.45, 7) is 3.24. The van der Waals surface area contributed by atoms with Crippen molar-refractivity contribution >= 4 is 28.7 Å². The van der Waals surface area contributed by atoms with E-state index in [0.717, 1.165) is 5.52 Å². The minimum atomic E-state index is -1.54. The van der Waals surface area contributed by atoms with Gasteiger partial charge in [0, 0.05) is 30.2 Å². The van der Waals surface area contributed by atoms with E-state index in [0.29, 0.717) is 39.6 Å². The Labute approximate surface area is 218 Å². The van der Waals surface area contributed by atoms with Crippen molar-refractivity contribution in [2.24, 2.45) is 12.8 Å². The molecule has 10 heteroatoms. The number of ether oxygens (including phenoxy) is 1. The van der Waals surface area contributed by atoms with Crippen molar-refractivity contribution in [3.63, 3.8) is 0 Å². The third-order valence-electron chi connectivity index (χ3n) is 7.36. The Bertz CT molecular complexity index is 1600. The molecule has 9 nitrogen and oxygen atoms in total. The minimum absolute atomic E-state index is 0.0120. The first-order valence-corrected chi connectivity index (χ1v) is 12.1. The number of nitrogen functional groups attached to an aromatic ring is 1. The molecule has 196 valence electrons. The molecule has 0 saturated heterocycles. The Kier molecular flexibility index (Phi) is 5.94. The van der Waals surface area contributed by atoms with Crippen molar-refractivity contribution in [2.75, 3.05) is 12.3 Å². The van der Waals surface area contributed by atoms with Gasteiger partial charge in [-0.15, -0.1) is 0 Å². The van der Waals surface area contributed by atoms with Gasteiger partial charge in [-0.2, -0.15) is 0 Å². The maximum Gasteiger partial charge on any atom is 0.231 e. The summed E-state index contributed by atoms with van der Waals surface area (Å²) in [5, 5.41) is 11.5. The van der Waals surface area contributed by atoms with Gasteiger partial charge < -0.3 is 25.9 Å². The zero-order valence-electron chi connectivity index (χ0n) is 21.3. The molecule has 1 aliphatic heterocycles. The number of hydrogen-bond acceptors (Lipinski definition) is 7. The van der Waals surface area contributed by atoms with Gasteiger partial charge in [-0.3, -0.25) is 9.59 Å². The lowest BCUT2D eigenvalue weighted by atomic mass is 9.81. The van der Waals surface area contributed by atoms with Crippen LogP contribution in [0.4, 0.5) is 10.3 Å². The van der Waals surface area contributed by atoms with Crippen LogP contribution in [0.25, 0.3) is 22.3 Å². The number of amides is 1.